The van der Waals surface area contributed by atoms with Crippen molar-refractivity contribution in [2.75, 3.05) is 51.0 Å². The zero-order valence-electron chi connectivity index (χ0n) is 27.9. The predicted octanol–water partition coefficient (Wildman–Crippen LogP) is -2.28. The molecule has 0 bridgehead atoms. The molecule has 2 fully saturated rings. The number of amides is 7. The van der Waals surface area contributed by atoms with E-state index in [9.17, 15) is 48.3 Å². The Bertz CT molecular complexity index is 1730. The number of hydrogen-bond donors (Lipinski definition) is 6. The second-order valence-electron chi connectivity index (χ2n) is 11.3. The number of benzene rings is 1. The van der Waals surface area contributed by atoms with Gasteiger partial charge in [0.05, 0.1) is 0 Å². The molecule has 21 nitrogen and oxygen atoms in total. The van der Waals surface area contributed by atoms with Gasteiger partial charge in [-0.05, 0) is 24.6 Å². The van der Waals surface area contributed by atoms with Crippen molar-refractivity contribution < 1.29 is 67.6 Å². The molecule has 0 spiro atoms. The van der Waals surface area contributed by atoms with Gasteiger partial charge in [0.1, 0.15) is 36.4 Å². The molecule has 23 heteroatoms. The molecule has 0 radical (unpaired) electrons. The minimum atomic E-state index is -2.14. The van der Waals surface area contributed by atoms with Crippen LogP contribution in [-0.4, -0.2) is 171 Å². The Labute approximate surface area is 327 Å². The number of carboxylic acid groups (broad SMARTS) is 2. The van der Waals surface area contributed by atoms with Crippen LogP contribution in [0.4, 0.5) is 15.3 Å². The summed E-state index contributed by atoms with van der Waals surface area (Å²) in [6.45, 7) is 1.82. The van der Waals surface area contributed by atoms with Crippen molar-refractivity contribution >= 4 is 101 Å². The van der Waals surface area contributed by atoms with Crippen LogP contribution in [0.5, 0.6) is 0 Å². The van der Waals surface area contributed by atoms with Crippen molar-refractivity contribution in [3.05, 3.63) is 41.1 Å². The number of nitrogens with one attached hydrogen (secondary N) is 3. The SMILES string of the molecule is CCN1CCN(C(=O)N[C@@H](C(=O)N[C@]2(OC)C(=O)N3C(C(=O)O)=C(COC(C)=O)CS[C@@H]32)c2ccc(NC(=O)OC[C@@H](N)C(=O)O)cc2)C(=O)C1=O.[NaH]. The first-order valence-corrected chi connectivity index (χ1v) is 16.5. The molecule has 3 aliphatic rings. The number of methoxy groups -OCH3 is 1. The Morgan fingerprint density at radius 1 is 1.04 bits per heavy atom. The van der Waals surface area contributed by atoms with Crippen molar-refractivity contribution in [3.8, 4) is 0 Å². The molecule has 282 valence electrons. The molecule has 3 heterocycles. The van der Waals surface area contributed by atoms with Crippen LogP contribution in [0.15, 0.2) is 35.5 Å². The minimum absolute atomic E-state index is 0. The van der Waals surface area contributed by atoms with Gasteiger partial charge in [-0.25, -0.2) is 14.4 Å². The van der Waals surface area contributed by atoms with E-state index in [0.717, 1.165) is 30.7 Å². The van der Waals surface area contributed by atoms with Crippen LogP contribution in [0.25, 0.3) is 0 Å². The number of aliphatic carboxylic acids is 2. The first kappa shape index (κ1) is 42.7. The van der Waals surface area contributed by atoms with Gasteiger partial charge in [0.15, 0.2) is 0 Å². The second-order valence-corrected chi connectivity index (χ2v) is 12.4. The monoisotopic (exact) mass is 773 g/mol. The second kappa shape index (κ2) is 17.9. The standard InChI is InChI=1S/C30H35N7O14S.Na.H/c1-4-35-9-10-36(23(41)22(35)40)28(47)33-19(15-5-7-17(8-6-15)32-29(48)51-12-18(31)24(42)43)21(39)34-30(49-3)26(46)37-20(25(44)45)16(11-50-14(2)38)13-52-27(30)37;;/h5-8,18-19,27H,4,9-13,31H2,1-3H3,(H,32,48)(H,33,47)(H,34,39)(H,42,43)(H,44,45);;/t18-,19-,27-,30+;;/m1../s1. The van der Waals surface area contributed by atoms with Crippen LogP contribution in [-0.2, 0) is 47.8 Å². The number of carbonyl (C=O) groups is 9. The average molecular weight is 774 g/mol. The molecule has 3 aliphatic heterocycles. The van der Waals surface area contributed by atoms with Gasteiger partial charge in [0.2, 0.25) is 5.91 Å². The molecule has 4 atom stereocenters. The van der Waals surface area contributed by atoms with E-state index in [-0.39, 0.29) is 71.8 Å². The van der Waals surface area contributed by atoms with E-state index < -0.39 is 95.8 Å². The summed E-state index contributed by atoms with van der Waals surface area (Å²) in [4.78, 5) is 116. The molecule has 2 saturated heterocycles. The van der Waals surface area contributed by atoms with Crippen LogP contribution in [0.3, 0.4) is 0 Å². The fraction of sp³-hybridized carbons (Fsp3) is 0.433. The van der Waals surface area contributed by atoms with Crippen LogP contribution in [0, 0.1) is 0 Å². The summed E-state index contributed by atoms with van der Waals surface area (Å²) >= 11 is 1.01. The van der Waals surface area contributed by atoms with Gasteiger partial charge in [-0.1, -0.05) is 12.1 Å². The number of ether oxygens (including phenoxy) is 3. The average Bonchev–Trinajstić information content (AvgIpc) is 3.11. The number of nitrogens with two attached hydrogens (primary N) is 1. The summed E-state index contributed by atoms with van der Waals surface area (Å²) in [5, 5.41) is 24.9. The van der Waals surface area contributed by atoms with Crippen LogP contribution < -0.4 is 21.7 Å². The van der Waals surface area contributed by atoms with E-state index in [1.807, 2.05) is 0 Å². The number of piperazine rings is 1. The number of β-lactam (4-membered cyclic amide) rings is 1. The number of urea groups is 1. The van der Waals surface area contributed by atoms with E-state index in [1.165, 1.54) is 29.2 Å². The molecule has 4 rings (SSSR count). The molecule has 7 amide bonds. The molecule has 53 heavy (non-hydrogen) atoms. The van der Waals surface area contributed by atoms with Crippen LogP contribution >= 0.6 is 11.8 Å². The molecule has 1 aromatic carbocycles. The zero-order valence-corrected chi connectivity index (χ0v) is 28.7. The number of anilines is 1. The number of thioether (sulfide) groups is 1. The number of hydrogen-bond acceptors (Lipinski definition) is 14. The topological polar surface area (TPSA) is 294 Å². The molecule has 0 aliphatic carbocycles. The zero-order chi connectivity index (χ0) is 38.5. The third kappa shape index (κ3) is 9.08. The van der Waals surface area contributed by atoms with Gasteiger partial charge in [0.25, 0.3) is 11.6 Å². The number of rotatable bonds is 13. The maximum absolute atomic E-state index is 14.0. The molecule has 0 saturated carbocycles. The first-order chi connectivity index (χ1) is 24.6. The number of fused-ring (bicyclic) bond motifs is 1. The summed E-state index contributed by atoms with van der Waals surface area (Å²) in [5.41, 5.74) is 3.01. The van der Waals surface area contributed by atoms with Crippen molar-refractivity contribution in [1.82, 2.24) is 25.3 Å². The Morgan fingerprint density at radius 3 is 2.26 bits per heavy atom. The number of nitrogens with zero attached hydrogens (tertiary/aromatic N) is 3. The van der Waals surface area contributed by atoms with Crippen LogP contribution in [0.1, 0.15) is 25.5 Å². The van der Waals surface area contributed by atoms with E-state index in [1.54, 1.807) is 6.92 Å². The normalized spacial score (nSPS) is 20.6. The Hall–Kier alpha value is -4.74. The van der Waals surface area contributed by atoms with Gasteiger partial charge in [-0.15, -0.1) is 11.8 Å². The molecule has 0 aromatic heterocycles. The summed E-state index contributed by atoms with van der Waals surface area (Å²) in [7, 11) is 1.10. The third-order valence-corrected chi connectivity index (χ3v) is 9.43. The summed E-state index contributed by atoms with van der Waals surface area (Å²) in [6.07, 6.45) is -1.05. The first-order valence-electron chi connectivity index (χ1n) is 15.4. The predicted molar refractivity (Wildman–Crippen MR) is 182 cm³/mol. The number of likely N-dealkylation sites (N-methyl/N-ethyl adjacent to an activating group) is 1. The van der Waals surface area contributed by atoms with Crippen LogP contribution in [0.2, 0.25) is 0 Å². The summed E-state index contributed by atoms with van der Waals surface area (Å²) in [6, 6.07) is 0.912. The maximum atomic E-state index is 14.0. The number of esters is 1. The molecule has 7 N–H and O–H groups in total. The fourth-order valence-corrected chi connectivity index (χ4v) is 6.74. The Balaban J connectivity index is 0.00000756. The summed E-state index contributed by atoms with van der Waals surface area (Å²) < 4.78 is 15.2. The summed E-state index contributed by atoms with van der Waals surface area (Å²) in [5.74, 6) is -7.69. The fourth-order valence-electron chi connectivity index (χ4n) is 5.32. The number of carboxylic acids is 2. The van der Waals surface area contributed by atoms with Crippen molar-refractivity contribution in [3.63, 3.8) is 0 Å². The van der Waals surface area contributed by atoms with E-state index in [4.69, 9.17) is 25.1 Å². The number of carbonyl (C=O) groups excluding carboxylic acids is 7. The molecule has 0 unspecified atom stereocenters. The molecule has 1 aromatic rings. The van der Waals surface area contributed by atoms with Gasteiger partial charge in [-0.3, -0.25) is 43.9 Å². The van der Waals surface area contributed by atoms with Crippen molar-refractivity contribution in [2.24, 2.45) is 5.73 Å². The van der Waals surface area contributed by atoms with E-state index >= 15 is 0 Å². The Morgan fingerprint density at radius 2 is 1.70 bits per heavy atom. The van der Waals surface area contributed by atoms with Gasteiger partial charge < -0.3 is 45.7 Å². The molecular formula is C30H36N7NaO14S. The van der Waals surface area contributed by atoms with E-state index in [0.29, 0.717) is 4.90 Å². The van der Waals surface area contributed by atoms with Gasteiger partial charge in [-0.2, -0.15) is 0 Å². The van der Waals surface area contributed by atoms with Crippen molar-refractivity contribution in [2.45, 2.75) is 37.0 Å². The Kier molecular flexibility index (Phi) is 14.4. The van der Waals surface area contributed by atoms with Gasteiger partial charge >= 0.3 is 71.4 Å². The molecular weight excluding hydrogens is 737 g/mol. The van der Waals surface area contributed by atoms with Crippen molar-refractivity contribution in [1.29, 1.82) is 0 Å². The van der Waals surface area contributed by atoms with Gasteiger partial charge in [0, 0.05) is 50.7 Å². The third-order valence-electron chi connectivity index (χ3n) is 8.06. The quantitative estimate of drug-likeness (QED) is 0.0404. The van der Waals surface area contributed by atoms with E-state index in [2.05, 4.69) is 16.0 Å². The number of imide groups is 1.